The Kier molecular flexibility index (Phi) is 181. The van der Waals surface area contributed by atoms with Gasteiger partial charge in [-0.05, 0) is 0 Å². The topological polar surface area (TPSA) is 0 Å². The summed E-state index contributed by atoms with van der Waals surface area (Å²) in [6.07, 6.45) is 0. The minimum Gasteiger partial charge on any atom is 0 e. The van der Waals surface area contributed by atoms with Gasteiger partial charge in [0, 0.05) is 67.7 Å². The molecule has 0 aliphatic carbocycles. The number of hydrogen-bond acceptors (Lipinski definition) is 0. The molecule has 0 aromatic carbocycles. The van der Waals surface area contributed by atoms with Gasteiger partial charge in [-0.1, -0.05) is 0 Å². The molecule has 0 unspecified atom stereocenters. The van der Waals surface area contributed by atoms with E-state index in [1.165, 1.54) is 0 Å². The molecule has 0 aromatic heterocycles. The summed E-state index contributed by atoms with van der Waals surface area (Å²) in [5.41, 5.74) is 0. The first-order chi connectivity index (χ1) is 0. The van der Waals surface area contributed by atoms with E-state index in [1.54, 1.807) is 0 Å². The SMILES string of the molecule is [Co].[Co].[Mn].[Mn]. The second kappa shape index (κ2) is 19.7. The number of rotatable bonds is 0. The Bertz CT molecular complexity index is 4.00. The average Bonchev–Trinajstić information content (AvgIpc) is 0. The fourth-order valence-electron chi connectivity index (χ4n) is 0. The first kappa shape index (κ1) is 36.7. The van der Waals surface area contributed by atoms with E-state index in [2.05, 4.69) is 0 Å². The molecule has 0 heterocycles. The predicted octanol–water partition coefficient (Wildman–Crippen LogP) is -0.0100. The van der Waals surface area contributed by atoms with Crippen LogP contribution in [-0.2, 0) is 67.7 Å². The van der Waals surface area contributed by atoms with E-state index in [1.807, 2.05) is 0 Å². The molecule has 0 amide bonds. The Morgan fingerprint density at radius 3 is 0.500 bits per heavy atom. The molecule has 0 spiro atoms. The third kappa shape index (κ3) is 8.96. The van der Waals surface area contributed by atoms with Gasteiger partial charge in [-0.3, -0.25) is 0 Å². The minimum atomic E-state index is 0. The minimum absolute atomic E-state index is 0. The van der Waals surface area contributed by atoms with E-state index >= 15 is 0 Å². The molecule has 0 aromatic rings. The molecule has 0 nitrogen and oxygen atoms in total. The van der Waals surface area contributed by atoms with Gasteiger partial charge < -0.3 is 0 Å². The third-order valence-corrected chi connectivity index (χ3v) is 0. The standard InChI is InChI=1S/2Co.2Mn. The van der Waals surface area contributed by atoms with Crippen LogP contribution in [0.3, 0.4) is 0 Å². The molecule has 4 radical (unpaired) electrons. The van der Waals surface area contributed by atoms with Crippen molar-refractivity contribution in [2.75, 3.05) is 0 Å². The molecular formula is Co2Mn2. The van der Waals surface area contributed by atoms with Crippen LogP contribution < -0.4 is 0 Å². The van der Waals surface area contributed by atoms with Gasteiger partial charge in [-0.15, -0.1) is 0 Å². The summed E-state index contributed by atoms with van der Waals surface area (Å²) in [6.45, 7) is 0. The Hall–Kier alpha value is 2.05. The van der Waals surface area contributed by atoms with E-state index in [9.17, 15) is 0 Å². The molecule has 0 saturated heterocycles. The van der Waals surface area contributed by atoms with Crippen LogP contribution >= 0.6 is 0 Å². The van der Waals surface area contributed by atoms with E-state index in [0.29, 0.717) is 0 Å². The third-order valence-electron chi connectivity index (χ3n) is 0. The molecule has 0 N–H and O–H groups in total. The summed E-state index contributed by atoms with van der Waals surface area (Å²) in [5, 5.41) is 0. The quantitative estimate of drug-likeness (QED) is 0.511. The van der Waals surface area contributed by atoms with Gasteiger partial charge in [0.25, 0.3) is 0 Å². The van der Waals surface area contributed by atoms with Crippen LogP contribution in [0.25, 0.3) is 0 Å². The second-order valence-corrected chi connectivity index (χ2v) is 0. The van der Waals surface area contributed by atoms with Crippen molar-refractivity contribution >= 4 is 0 Å². The van der Waals surface area contributed by atoms with Crippen molar-refractivity contribution < 1.29 is 67.7 Å². The van der Waals surface area contributed by atoms with Crippen molar-refractivity contribution in [1.29, 1.82) is 0 Å². The molecular weight excluding hydrogens is 228 g/mol. The molecule has 0 aliphatic heterocycles. The van der Waals surface area contributed by atoms with Gasteiger partial charge in [0.15, 0.2) is 0 Å². The molecule has 0 bridgehead atoms. The average molecular weight is 228 g/mol. The van der Waals surface area contributed by atoms with E-state index in [-0.39, 0.29) is 67.7 Å². The Labute approximate surface area is 67.2 Å². The summed E-state index contributed by atoms with van der Waals surface area (Å²) < 4.78 is 0. The maximum atomic E-state index is 0. The molecule has 4 heteroatoms. The van der Waals surface area contributed by atoms with Gasteiger partial charge >= 0.3 is 0 Å². The van der Waals surface area contributed by atoms with Crippen molar-refractivity contribution in [3.8, 4) is 0 Å². The smallest absolute Gasteiger partial charge is 0 e. The van der Waals surface area contributed by atoms with E-state index in [4.69, 9.17) is 0 Å². The maximum absolute atomic E-state index is 0. The van der Waals surface area contributed by atoms with E-state index < -0.39 is 0 Å². The monoisotopic (exact) mass is 228 g/mol. The first-order valence-electron chi connectivity index (χ1n) is 0. The zero-order valence-corrected chi connectivity index (χ0v) is 5.87. The predicted molar refractivity (Wildman–Crippen MR) is 0 cm³/mol. The Morgan fingerprint density at radius 2 is 0.500 bits per heavy atom. The fourth-order valence-corrected chi connectivity index (χ4v) is 0. The number of hydrogen-bond donors (Lipinski definition) is 0. The van der Waals surface area contributed by atoms with Gasteiger partial charge in [-0.25, -0.2) is 0 Å². The van der Waals surface area contributed by atoms with Crippen molar-refractivity contribution in [1.82, 2.24) is 0 Å². The van der Waals surface area contributed by atoms with Gasteiger partial charge in [-0.2, -0.15) is 0 Å². The van der Waals surface area contributed by atoms with Gasteiger partial charge in [0.2, 0.25) is 0 Å². The van der Waals surface area contributed by atoms with Crippen molar-refractivity contribution in [3.63, 3.8) is 0 Å². The molecule has 0 saturated carbocycles. The Balaban J connectivity index is 0. The van der Waals surface area contributed by atoms with Crippen LogP contribution in [0.5, 0.6) is 0 Å². The molecule has 0 fully saturated rings. The van der Waals surface area contributed by atoms with Crippen LogP contribution in [0.2, 0.25) is 0 Å². The summed E-state index contributed by atoms with van der Waals surface area (Å²) in [5.74, 6) is 0. The van der Waals surface area contributed by atoms with Crippen LogP contribution in [0, 0.1) is 0 Å². The largest absolute Gasteiger partial charge is 0 e. The second-order valence-electron chi connectivity index (χ2n) is 0. The van der Waals surface area contributed by atoms with Crippen LogP contribution in [0.15, 0.2) is 0 Å². The zero-order chi connectivity index (χ0) is 0. The van der Waals surface area contributed by atoms with E-state index in [0.717, 1.165) is 0 Å². The van der Waals surface area contributed by atoms with Crippen molar-refractivity contribution in [2.24, 2.45) is 0 Å². The normalized spacial score (nSPS) is 0. The van der Waals surface area contributed by atoms with Gasteiger partial charge in [0.1, 0.15) is 0 Å². The Morgan fingerprint density at radius 1 is 0.500 bits per heavy atom. The van der Waals surface area contributed by atoms with Crippen molar-refractivity contribution in [2.45, 2.75) is 0 Å². The summed E-state index contributed by atoms with van der Waals surface area (Å²) in [7, 11) is 0. The zero-order valence-electron chi connectivity index (χ0n) is 1.42. The summed E-state index contributed by atoms with van der Waals surface area (Å²) >= 11 is 0. The van der Waals surface area contributed by atoms with Crippen molar-refractivity contribution in [3.05, 3.63) is 0 Å². The molecule has 32 valence electrons. The fraction of sp³-hybridized carbons (Fsp3) is 0. The first-order valence-corrected chi connectivity index (χ1v) is 0. The summed E-state index contributed by atoms with van der Waals surface area (Å²) in [4.78, 5) is 0. The van der Waals surface area contributed by atoms with Crippen LogP contribution in [0.1, 0.15) is 0 Å². The van der Waals surface area contributed by atoms with Crippen LogP contribution in [0.4, 0.5) is 0 Å². The van der Waals surface area contributed by atoms with Gasteiger partial charge in [0.05, 0.1) is 0 Å². The summed E-state index contributed by atoms with van der Waals surface area (Å²) in [6, 6.07) is 0. The van der Waals surface area contributed by atoms with Crippen LogP contribution in [-0.4, -0.2) is 0 Å². The molecule has 0 atom stereocenters. The molecule has 4 heavy (non-hydrogen) atoms. The maximum Gasteiger partial charge on any atom is 0 e. The molecule has 0 rings (SSSR count). The molecule has 0 aliphatic rings.